The molecule has 0 spiro atoms. The van der Waals surface area contributed by atoms with Gasteiger partial charge in [-0.15, -0.1) is 0 Å². The Morgan fingerprint density at radius 3 is 2.60 bits per heavy atom. The smallest absolute Gasteiger partial charge is 0.135 e. The molecule has 0 unspecified atom stereocenters. The maximum absolute atomic E-state index is 12.9. The van der Waals surface area contributed by atoms with Crippen molar-refractivity contribution >= 4 is 17.3 Å². The van der Waals surface area contributed by atoms with Gasteiger partial charge < -0.3 is 15.4 Å². The molecule has 2 aromatic carbocycles. The summed E-state index contributed by atoms with van der Waals surface area (Å²) in [5, 5.41) is 6.47. The fraction of sp³-hybridized carbons (Fsp3) is 0.158. The first-order valence-corrected chi connectivity index (χ1v) is 7.94. The summed E-state index contributed by atoms with van der Waals surface area (Å²) in [6.45, 7) is 0.696. The van der Waals surface area contributed by atoms with Crippen LogP contribution in [0, 0.1) is 5.82 Å². The van der Waals surface area contributed by atoms with Gasteiger partial charge in [-0.05, 0) is 36.2 Å². The van der Waals surface area contributed by atoms with Gasteiger partial charge in [-0.2, -0.15) is 0 Å². The number of methoxy groups -OCH3 is 1. The largest absolute Gasteiger partial charge is 0.497 e. The average Bonchev–Trinajstić information content (AvgIpc) is 2.64. The van der Waals surface area contributed by atoms with Crippen LogP contribution in [0.4, 0.5) is 21.7 Å². The number of aromatic nitrogens is 2. The Bertz CT molecular complexity index is 824. The lowest BCUT2D eigenvalue weighted by Gasteiger charge is -2.09. The maximum atomic E-state index is 12.9. The Morgan fingerprint density at radius 2 is 1.80 bits per heavy atom. The van der Waals surface area contributed by atoms with Gasteiger partial charge in [-0.3, -0.25) is 0 Å². The summed E-state index contributed by atoms with van der Waals surface area (Å²) in [5.74, 6) is 1.97. The molecular formula is C19H19FN4O. The van der Waals surface area contributed by atoms with E-state index in [4.69, 9.17) is 4.74 Å². The molecule has 0 bridgehead atoms. The Labute approximate surface area is 145 Å². The van der Waals surface area contributed by atoms with Crippen LogP contribution in [0.3, 0.4) is 0 Å². The van der Waals surface area contributed by atoms with Crippen molar-refractivity contribution in [1.29, 1.82) is 0 Å². The second-order valence-electron chi connectivity index (χ2n) is 5.45. The zero-order valence-corrected chi connectivity index (χ0v) is 13.9. The van der Waals surface area contributed by atoms with Gasteiger partial charge in [0, 0.05) is 24.4 Å². The van der Waals surface area contributed by atoms with Crippen molar-refractivity contribution in [1.82, 2.24) is 9.97 Å². The number of ether oxygens (including phenoxy) is 1. The summed E-state index contributed by atoms with van der Waals surface area (Å²) < 4.78 is 18.1. The first-order chi connectivity index (χ1) is 12.2. The van der Waals surface area contributed by atoms with E-state index >= 15 is 0 Å². The van der Waals surface area contributed by atoms with Crippen LogP contribution in [0.5, 0.6) is 5.75 Å². The molecule has 0 fully saturated rings. The molecular weight excluding hydrogens is 319 g/mol. The number of halogens is 1. The second kappa shape index (κ2) is 8.10. The summed E-state index contributed by atoms with van der Waals surface area (Å²) in [6, 6.07) is 16.0. The van der Waals surface area contributed by atoms with Crippen molar-refractivity contribution in [2.45, 2.75) is 6.42 Å². The summed E-state index contributed by atoms with van der Waals surface area (Å²) in [7, 11) is 1.63. The number of nitrogens with one attached hydrogen (secondary N) is 2. The average molecular weight is 338 g/mol. The van der Waals surface area contributed by atoms with Gasteiger partial charge in [0.2, 0.25) is 0 Å². The van der Waals surface area contributed by atoms with Gasteiger partial charge in [0.05, 0.1) is 7.11 Å². The van der Waals surface area contributed by atoms with Gasteiger partial charge in [-0.25, -0.2) is 14.4 Å². The maximum Gasteiger partial charge on any atom is 0.135 e. The quantitative estimate of drug-likeness (QED) is 0.681. The zero-order chi connectivity index (χ0) is 17.5. The second-order valence-corrected chi connectivity index (χ2v) is 5.45. The normalized spacial score (nSPS) is 10.3. The molecule has 3 aromatic rings. The minimum atomic E-state index is -0.222. The summed E-state index contributed by atoms with van der Waals surface area (Å²) >= 11 is 0. The van der Waals surface area contributed by atoms with E-state index in [1.54, 1.807) is 19.2 Å². The van der Waals surface area contributed by atoms with Crippen LogP contribution >= 0.6 is 0 Å². The molecule has 3 rings (SSSR count). The molecule has 5 nitrogen and oxygen atoms in total. The van der Waals surface area contributed by atoms with E-state index in [1.165, 1.54) is 18.5 Å². The highest BCUT2D eigenvalue weighted by Crippen LogP contribution is 2.21. The molecule has 0 atom stereocenters. The lowest BCUT2D eigenvalue weighted by molar-refractivity contribution is 0.415. The molecule has 0 amide bonds. The van der Waals surface area contributed by atoms with E-state index in [0.29, 0.717) is 12.4 Å². The van der Waals surface area contributed by atoms with Crippen LogP contribution in [0.2, 0.25) is 0 Å². The molecule has 0 aliphatic heterocycles. The first-order valence-electron chi connectivity index (χ1n) is 7.94. The molecule has 0 radical (unpaired) electrons. The van der Waals surface area contributed by atoms with Crippen LogP contribution in [-0.4, -0.2) is 23.6 Å². The van der Waals surface area contributed by atoms with Crippen molar-refractivity contribution in [2.24, 2.45) is 0 Å². The van der Waals surface area contributed by atoms with Crippen LogP contribution in [-0.2, 0) is 6.42 Å². The number of rotatable bonds is 7. The lowest BCUT2D eigenvalue weighted by Crippen LogP contribution is -2.07. The van der Waals surface area contributed by atoms with E-state index in [0.717, 1.165) is 29.2 Å². The minimum Gasteiger partial charge on any atom is -0.497 e. The van der Waals surface area contributed by atoms with Crippen molar-refractivity contribution in [2.75, 3.05) is 24.3 Å². The Kier molecular flexibility index (Phi) is 5.41. The molecule has 6 heteroatoms. The molecule has 0 saturated heterocycles. The zero-order valence-electron chi connectivity index (χ0n) is 13.9. The third-order valence-corrected chi connectivity index (χ3v) is 3.64. The van der Waals surface area contributed by atoms with Crippen LogP contribution in [0.1, 0.15) is 5.56 Å². The van der Waals surface area contributed by atoms with Gasteiger partial charge in [0.1, 0.15) is 29.5 Å². The van der Waals surface area contributed by atoms with Crippen molar-refractivity contribution in [3.8, 4) is 5.75 Å². The number of hydrogen-bond donors (Lipinski definition) is 2. The van der Waals surface area contributed by atoms with E-state index in [2.05, 4.69) is 20.6 Å². The monoisotopic (exact) mass is 338 g/mol. The fourth-order valence-electron chi connectivity index (χ4n) is 2.36. The number of hydrogen-bond acceptors (Lipinski definition) is 5. The Balaban J connectivity index is 1.58. The fourth-order valence-corrected chi connectivity index (χ4v) is 2.36. The van der Waals surface area contributed by atoms with Gasteiger partial charge in [0.25, 0.3) is 0 Å². The summed E-state index contributed by atoms with van der Waals surface area (Å²) in [4.78, 5) is 8.43. The molecule has 1 heterocycles. The highest BCUT2D eigenvalue weighted by atomic mass is 19.1. The number of anilines is 3. The van der Waals surface area contributed by atoms with E-state index in [1.807, 2.05) is 30.3 Å². The standard InChI is InChI=1S/C19H19FN4O/c1-25-17-4-2-3-16(11-17)24-19-12-18(22-13-23-19)21-10-9-14-5-7-15(20)8-6-14/h2-8,11-13H,9-10H2,1H3,(H2,21,22,23,24). The molecule has 0 aliphatic rings. The molecule has 0 aliphatic carbocycles. The molecule has 2 N–H and O–H groups in total. The topological polar surface area (TPSA) is 59.1 Å². The minimum absolute atomic E-state index is 0.222. The third-order valence-electron chi connectivity index (χ3n) is 3.64. The highest BCUT2D eigenvalue weighted by Gasteiger charge is 2.01. The van der Waals surface area contributed by atoms with E-state index in [9.17, 15) is 4.39 Å². The Morgan fingerprint density at radius 1 is 1.00 bits per heavy atom. The Hall–Kier alpha value is -3.15. The SMILES string of the molecule is COc1cccc(Nc2cc(NCCc3ccc(F)cc3)ncn2)c1. The van der Waals surface area contributed by atoms with E-state index < -0.39 is 0 Å². The third kappa shape index (κ3) is 4.91. The van der Waals surface area contributed by atoms with Gasteiger partial charge in [0.15, 0.2) is 0 Å². The predicted octanol–water partition coefficient (Wildman–Crippen LogP) is 4.02. The van der Waals surface area contributed by atoms with Crippen LogP contribution in [0.25, 0.3) is 0 Å². The van der Waals surface area contributed by atoms with Crippen LogP contribution < -0.4 is 15.4 Å². The van der Waals surface area contributed by atoms with Gasteiger partial charge in [-0.1, -0.05) is 18.2 Å². The van der Waals surface area contributed by atoms with Gasteiger partial charge >= 0.3 is 0 Å². The lowest BCUT2D eigenvalue weighted by atomic mass is 10.1. The van der Waals surface area contributed by atoms with Crippen molar-refractivity contribution < 1.29 is 9.13 Å². The summed E-state index contributed by atoms with van der Waals surface area (Å²) in [5.41, 5.74) is 1.95. The first kappa shape index (κ1) is 16.7. The molecule has 25 heavy (non-hydrogen) atoms. The molecule has 128 valence electrons. The molecule has 1 aromatic heterocycles. The van der Waals surface area contributed by atoms with Crippen molar-refractivity contribution in [3.63, 3.8) is 0 Å². The van der Waals surface area contributed by atoms with Crippen LogP contribution in [0.15, 0.2) is 60.9 Å². The number of benzene rings is 2. The number of nitrogens with zero attached hydrogens (tertiary/aromatic N) is 2. The summed E-state index contributed by atoms with van der Waals surface area (Å²) in [6.07, 6.45) is 2.28. The van der Waals surface area contributed by atoms with Crippen molar-refractivity contribution in [3.05, 3.63) is 72.3 Å². The highest BCUT2D eigenvalue weighted by molar-refractivity contribution is 5.60. The molecule has 0 saturated carbocycles. The van der Waals surface area contributed by atoms with E-state index in [-0.39, 0.29) is 5.82 Å². The predicted molar refractivity (Wildman–Crippen MR) is 96.9 cm³/mol.